The van der Waals surface area contributed by atoms with Crippen molar-refractivity contribution in [3.63, 3.8) is 0 Å². The molecule has 4 heteroatoms. The smallest absolute Gasteiger partial charge is 0.224 e. The molecule has 4 nitrogen and oxygen atoms in total. The molecule has 3 N–H and O–H groups in total. The highest BCUT2D eigenvalue weighted by atomic mass is 16.5. The van der Waals surface area contributed by atoms with Gasteiger partial charge in [0.05, 0.1) is 12.5 Å². The minimum absolute atomic E-state index is 0.0286. The standard InChI is InChI=1S/C18H26N2O2/c1-2-22-15-6-4-3-5-12(15)9-10-20-18(21)16-13-7-8-14(11-13)17(16)19/h3-6,13-14,16-17H,2,7-11,19H2,1H3,(H,20,21). The predicted molar refractivity (Wildman–Crippen MR) is 86.6 cm³/mol. The van der Waals surface area contributed by atoms with Gasteiger partial charge in [0.2, 0.25) is 5.91 Å². The molecule has 2 aliphatic rings. The minimum Gasteiger partial charge on any atom is -0.494 e. The van der Waals surface area contributed by atoms with Gasteiger partial charge < -0.3 is 15.8 Å². The third-order valence-corrected chi connectivity index (χ3v) is 5.25. The molecule has 2 fully saturated rings. The van der Waals surface area contributed by atoms with Crippen molar-refractivity contribution in [1.82, 2.24) is 5.32 Å². The molecular formula is C18H26N2O2. The Balaban J connectivity index is 1.52. The Morgan fingerprint density at radius 1 is 1.32 bits per heavy atom. The van der Waals surface area contributed by atoms with Gasteiger partial charge in [-0.25, -0.2) is 0 Å². The summed E-state index contributed by atoms with van der Waals surface area (Å²) < 4.78 is 5.62. The molecule has 3 rings (SSSR count). The quantitative estimate of drug-likeness (QED) is 0.846. The zero-order valence-electron chi connectivity index (χ0n) is 13.3. The van der Waals surface area contributed by atoms with E-state index in [0.717, 1.165) is 24.2 Å². The maximum atomic E-state index is 12.4. The molecule has 1 amide bonds. The molecule has 0 spiro atoms. The average molecular weight is 302 g/mol. The number of amides is 1. The first-order chi connectivity index (χ1) is 10.7. The summed E-state index contributed by atoms with van der Waals surface area (Å²) in [6.07, 6.45) is 4.31. The molecular weight excluding hydrogens is 276 g/mol. The van der Waals surface area contributed by atoms with Crippen LogP contribution in [-0.4, -0.2) is 25.1 Å². The SMILES string of the molecule is CCOc1ccccc1CCNC(=O)C1C2CCC(C2)C1N. The van der Waals surface area contributed by atoms with Crippen molar-refractivity contribution >= 4 is 5.91 Å². The lowest BCUT2D eigenvalue weighted by Crippen LogP contribution is -2.45. The lowest BCUT2D eigenvalue weighted by Gasteiger charge is -2.27. The van der Waals surface area contributed by atoms with E-state index >= 15 is 0 Å². The van der Waals surface area contributed by atoms with E-state index in [-0.39, 0.29) is 17.9 Å². The first-order valence-electron chi connectivity index (χ1n) is 8.44. The van der Waals surface area contributed by atoms with Gasteiger partial charge in [-0.1, -0.05) is 18.2 Å². The van der Waals surface area contributed by atoms with Gasteiger partial charge >= 0.3 is 0 Å². The van der Waals surface area contributed by atoms with E-state index in [1.807, 2.05) is 25.1 Å². The molecule has 0 heterocycles. The number of nitrogens with two attached hydrogens (primary N) is 1. The van der Waals surface area contributed by atoms with Crippen LogP contribution < -0.4 is 15.8 Å². The minimum atomic E-state index is 0.0286. The summed E-state index contributed by atoms with van der Waals surface area (Å²) >= 11 is 0. The zero-order valence-corrected chi connectivity index (χ0v) is 13.3. The summed E-state index contributed by atoms with van der Waals surface area (Å²) in [5, 5.41) is 3.08. The highest BCUT2D eigenvalue weighted by Crippen LogP contribution is 2.47. The molecule has 1 aromatic carbocycles. The Morgan fingerprint density at radius 3 is 2.82 bits per heavy atom. The molecule has 2 bridgehead atoms. The van der Waals surface area contributed by atoms with Crippen LogP contribution in [0.15, 0.2) is 24.3 Å². The number of hydrogen-bond donors (Lipinski definition) is 2. The van der Waals surface area contributed by atoms with Gasteiger partial charge in [0.15, 0.2) is 0 Å². The third kappa shape index (κ3) is 2.98. The molecule has 0 aliphatic heterocycles. The molecule has 2 saturated carbocycles. The van der Waals surface area contributed by atoms with Gasteiger partial charge in [0.1, 0.15) is 5.75 Å². The molecule has 4 unspecified atom stereocenters. The molecule has 22 heavy (non-hydrogen) atoms. The highest BCUT2D eigenvalue weighted by Gasteiger charge is 2.48. The summed E-state index contributed by atoms with van der Waals surface area (Å²) in [4.78, 5) is 12.4. The summed E-state index contributed by atoms with van der Waals surface area (Å²) in [6.45, 7) is 3.28. The van der Waals surface area contributed by atoms with Crippen molar-refractivity contribution in [2.45, 2.75) is 38.6 Å². The van der Waals surface area contributed by atoms with Crippen LogP contribution in [0.3, 0.4) is 0 Å². The Bertz CT molecular complexity index is 530. The van der Waals surface area contributed by atoms with E-state index in [1.165, 1.54) is 12.8 Å². The van der Waals surface area contributed by atoms with Crippen molar-refractivity contribution in [3.8, 4) is 5.75 Å². The molecule has 4 atom stereocenters. The van der Waals surface area contributed by atoms with E-state index in [1.54, 1.807) is 0 Å². The summed E-state index contributed by atoms with van der Waals surface area (Å²) in [5.74, 6) is 2.17. The van der Waals surface area contributed by atoms with Crippen LogP contribution in [0.5, 0.6) is 5.75 Å². The number of fused-ring (bicyclic) bond motifs is 2. The van der Waals surface area contributed by atoms with E-state index < -0.39 is 0 Å². The fourth-order valence-electron chi connectivity index (χ4n) is 4.17. The van der Waals surface area contributed by atoms with Gasteiger partial charge in [-0.2, -0.15) is 0 Å². The lowest BCUT2D eigenvalue weighted by atomic mass is 9.84. The summed E-state index contributed by atoms with van der Waals surface area (Å²) in [7, 11) is 0. The van der Waals surface area contributed by atoms with Crippen LogP contribution in [-0.2, 0) is 11.2 Å². The Labute approximate surface area is 132 Å². The number of carbonyl (C=O) groups is 1. The molecule has 0 aromatic heterocycles. The largest absolute Gasteiger partial charge is 0.494 e. The fourth-order valence-corrected chi connectivity index (χ4v) is 4.17. The van der Waals surface area contributed by atoms with Crippen LogP contribution >= 0.6 is 0 Å². The lowest BCUT2D eigenvalue weighted by molar-refractivity contribution is -0.127. The number of carbonyl (C=O) groups excluding carboxylic acids is 1. The van der Waals surface area contributed by atoms with E-state index in [4.69, 9.17) is 10.5 Å². The molecule has 0 radical (unpaired) electrons. The van der Waals surface area contributed by atoms with Gasteiger partial charge in [-0.05, 0) is 56.1 Å². The van der Waals surface area contributed by atoms with Gasteiger partial charge in [-0.15, -0.1) is 0 Å². The van der Waals surface area contributed by atoms with Crippen molar-refractivity contribution in [2.75, 3.05) is 13.2 Å². The number of nitrogens with one attached hydrogen (secondary N) is 1. The maximum absolute atomic E-state index is 12.4. The van der Waals surface area contributed by atoms with Crippen molar-refractivity contribution in [2.24, 2.45) is 23.5 Å². The normalized spacial score (nSPS) is 29.5. The second-order valence-electron chi connectivity index (χ2n) is 6.52. The van der Waals surface area contributed by atoms with Crippen LogP contribution in [0.2, 0.25) is 0 Å². The molecule has 1 aromatic rings. The second kappa shape index (κ2) is 6.69. The van der Waals surface area contributed by atoms with Crippen molar-refractivity contribution < 1.29 is 9.53 Å². The monoisotopic (exact) mass is 302 g/mol. The highest BCUT2D eigenvalue weighted by molar-refractivity contribution is 5.80. The number of rotatable bonds is 6. The van der Waals surface area contributed by atoms with Gasteiger partial charge in [0, 0.05) is 12.6 Å². The number of hydrogen-bond acceptors (Lipinski definition) is 3. The predicted octanol–water partition coefficient (Wildman–Crippen LogP) is 2.12. The van der Waals surface area contributed by atoms with E-state index in [9.17, 15) is 4.79 Å². The molecule has 2 aliphatic carbocycles. The van der Waals surface area contributed by atoms with Crippen LogP contribution in [0.4, 0.5) is 0 Å². The topological polar surface area (TPSA) is 64.3 Å². The summed E-state index contributed by atoms with van der Waals surface area (Å²) in [5.41, 5.74) is 7.37. The van der Waals surface area contributed by atoms with E-state index in [2.05, 4.69) is 11.4 Å². The third-order valence-electron chi connectivity index (χ3n) is 5.25. The summed E-state index contributed by atoms with van der Waals surface area (Å²) in [6, 6.07) is 8.08. The number of benzene rings is 1. The van der Waals surface area contributed by atoms with Gasteiger partial charge in [-0.3, -0.25) is 4.79 Å². The Morgan fingerprint density at radius 2 is 2.09 bits per heavy atom. The van der Waals surface area contributed by atoms with Crippen LogP contribution in [0.1, 0.15) is 31.7 Å². The van der Waals surface area contributed by atoms with Crippen molar-refractivity contribution in [1.29, 1.82) is 0 Å². The van der Waals surface area contributed by atoms with Crippen LogP contribution in [0, 0.1) is 17.8 Å². The fraction of sp³-hybridized carbons (Fsp3) is 0.611. The average Bonchev–Trinajstić information content (AvgIpc) is 3.10. The van der Waals surface area contributed by atoms with Crippen molar-refractivity contribution in [3.05, 3.63) is 29.8 Å². The number of ether oxygens (including phenoxy) is 1. The Hall–Kier alpha value is -1.55. The molecule has 0 saturated heterocycles. The first-order valence-corrected chi connectivity index (χ1v) is 8.44. The first kappa shape index (κ1) is 15.3. The number of para-hydroxylation sites is 1. The van der Waals surface area contributed by atoms with Gasteiger partial charge in [0.25, 0.3) is 0 Å². The maximum Gasteiger partial charge on any atom is 0.224 e. The Kier molecular flexibility index (Phi) is 4.67. The van der Waals surface area contributed by atoms with E-state index in [0.29, 0.717) is 25.0 Å². The molecule has 120 valence electrons. The zero-order chi connectivity index (χ0) is 15.5. The van der Waals surface area contributed by atoms with Crippen LogP contribution in [0.25, 0.3) is 0 Å². The second-order valence-corrected chi connectivity index (χ2v) is 6.52.